The standard InChI is InChI=1S/C16H33N/c1-12(2)8-7-9-14(4)17-15-11-16(5,6)10-13(15)3/h12-15,17H,7-11H2,1-6H3. The molecule has 102 valence electrons. The van der Waals surface area contributed by atoms with Crippen LogP contribution in [0.25, 0.3) is 0 Å². The molecule has 1 saturated carbocycles. The number of nitrogens with one attached hydrogen (secondary N) is 1. The van der Waals surface area contributed by atoms with E-state index in [-0.39, 0.29) is 0 Å². The van der Waals surface area contributed by atoms with Crippen LogP contribution in [0.2, 0.25) is 0 Å². The van der Waals surface area contributed by atoms with Crippen molar-refractivity contribution in [3.8, 4) is 0 Å². The zero-order valence-corrected chi connectivity index (χ0v) is 12.8. The fourth-order valence-corrected chi connectivity index (χ4v) is 3.40. The molecule has 3 unspecified atom stereocenters. The highest BCUT2D eigenvalue weighted by Crippen LogP contribution is 2.41. The van der Waals surface area contributed by atoms with Crippen molar-refractivity contribution in [2.75, 3.05) is 0 Å². The molecular formula is C16H33N. The van der Waals surface area contributed by atoms with Gasteiger partial charge in [-0.1, -0.05) is 47.5 Å². The molecule has 0 aliphatic heterocycles. The molecule has 1 fully saturated rings. The van der Waals surface area contributed by atoms with Crippen LogP contribution in [-0.2, 0) is 0 Å². The third-order valence-electron chi connectivity index (χ3n) is 4.25. The zero-order chi connectivity index (χ0) is 13.1. The highest BCUT2D eigenvalue weighted by Gasteiger charge is 2.36. The van der Waals surface area contributed by atoms with Gasteiger partial charge in [-0.3, -0.25) is 0 Å². The predicted octanol–water partition coefficient (Wildman–Crippen LogP) is 4.62. The second-order valence-corrected chi connectivity index (χ2v) is 7.55. The highest BCUT2D eigenvalue weighted by molar-refractivity contribution is 4.92. The van der Waals surface area contributed by atoms with Crippen LogP contribution in [0.3, 0.4) is 0 Å². The van der Waals surface area contributed by atoms with E-state index in [9.17, 15) is 0 Å². The number of rotatable bonds is 6. The average Bonchev–Trinajstić information content (AvgIpc) is 2.38. The molecule has 0 spiro atoms. The molecule has 0 aromatic carbocycles. The molecule has 0 bridgehead atoms. The van der Waals surface area contributed by atoms with E-state index in [1.54, 1.807) is 0 Å². The zero-order valence-electron chi connectivity index (χ0n) is 12.8. The van der Waals surface area contributed by atoms with Crippen molar-refractivity contribution in [3.63, 3.8) is 0 Å². The number of hydrogen-bond donors (Lipinski definition) is 1. The van der Waals surface area contributed by atoms with Gasteiger partial charge in [-0.05, 0) is 43.4 Å². The predicted molar refractivity (Wildman–Crippen MR) is 77.3 cm³/mol. The van der Waals surface area contributed by atoms with E-state index >= 15 is 0 Å². The molecule has 1 nitrogen and oxygen atoms in total. The molecule has 1 N–H and O–H groups in total. The van der Waals surface area contributed by atoms with Crippen LogP contribution in [-0.4, -0.2) is 12.1 Å². The Morgan fingerprint density at radius 2 is 1.76 bits per heavy atom. The van der Waals surface area contributed by atoms with E-state index < -0.39 is 0 Å². The molecule has 0 aromatic rings. The van der Waals surface area contributed by atoms with Gasteiger partial charge in [-0.2, -0.15) is 0 Å². The van der Waals surface area contributed by atoms with Gasteiger partial charge in [0, 0.05) is 12.1 Å². The molecule has 0 heterocycles. The summed E-state index contributed by atoms with van der Waals surface area (Å²) in [4.78, 5) is 0. The van der Waals surface area contributed by atoms with Gasteiger partial charge >= 0.3 is 0 Å². The smallest absolute Gasteiger partial charge is 0.0100 e. The summed E-state index contributed by atoms with van der Waals surface area (Å²) in [7, 11) is 0. The molecule has 1 aliphatic carbocycles. The van der Waals surface area contributed by atoms with Crippen LogP contribution in [0, 0.1) is 17.3 Å². The maximum absolute atomic E-state index is 3.86. The molecule has 1 heteroatoms. The van der Waals surface area contributed by atoms with E-state index in [1.165, 1.54) is 32.1 Å². The van der Waals surface area contributed by atoms with Gasteiger partial charge in [-0.15, -0.1) is 0 Å². The third kappa shape index (κ3) is 5.42. The van der Waals surface area contributed by atoms with Gasteiger partial charge in [0.15, 0.2) is 0 Å². The summed E-state index contributed by atoms with van der Waals surface area (Å²) in [6, 6.07) is 1.44. The summed E-state index contributed by atoms with van der Waals surface area (Å²) in [6.07, 6.45) is 6.81. The Morgan fingerprint density at radius 3 is 2.24 bits per heavy atom. The van der Waals surface area contributed by atoms with Gasteiger partial charge in [0.25, 0.3) is 0 Å². The summed E-state index contributed by atoms with van der Waals surface area (Å²) in [6.45, 7) is 14.2. The van der Waals surface area contributed by atoms with E-state index in [2.05, 4.69) is 46.9 Å². The van der Waals surface area contributed by atoms with Crippen molar-refractivity contribution in [1.82, 2.24) is 5.32 Å². The minimum Gasteiger partial charge on any atom is -0.311 e. The SMILES string of the molecule is CC(C)CCCC(C)NC1CC(C)(C)CC1C. The van der Waals surface area contributed by atoms with E-state index in [4.69, 9.17) is 0 Å². The molecule has 3 atom stereocenters. The van der Waals surface area contributed by atoms with Gasteiger partial charge in [0.05, 0.1) is 0 Å². The Morgan fingerprint density at radius 1 is 1.12 bits per heavy atom. The van der Waals surface area contributed by atoms with Crippen molar-refractivity contribution in [1.29, 1.82) is 0 Å². The fraction of sp³-hybridized carbons (Fsp3) is 1.00. The molecule has 0 amide bonds. The Bertz CT molecular complexity index is 220. The van der Waals surface area contributed by atoms with Crippen LogP contribution in [0.5, 0.6) is 0 Å². The lowest BCUT2D eigenvalue weighted by atomic mass is 9.91. The van der Waals surface area contributed by atoms with Crippen molar-refractivity contribution >= 4 is 0 Å². The van der Waals surface area contributed by atoms with E-state index in [0.717, 1.165) is 17.9 Å². The lowest BCUT2D eigenvalue weighted by molar-refractivity contribution is 0.345. The van der Waals surface area contributed by atoms with E-state index in [1.807, 2.05) is 0 Å². The molecular weight excluding hydrogens is 206 g/mol. The largest absolute Gasteiger partial charge is 0.311 e. The Labute approximate surface area is 109 Å². The Hall–Kier alpha value is -0.0400. The fourth-order valence-electron chi connectivity index (χ4n) is 3.40. The summed E-state index contributed by atoms with van der Waals surface area (Å²) in [5.74, 6) is 1.70. The topological polar surface area (TPSA) is 12.0 Å². The number of hydrogen-bond acceptors (Lipinski definition) is 1. The van der Waals surface area contributed by atoms with Crippen LogP contribution < -0.4 is 5.32 Å². The second kappa shape index (κ2) is 6.22. The molecule has 1 aliphatic rings. The Kier molecular flexibility index (Phi) is 5.50. The third-order valence-corrected chi connectivity index (χ3v) is 4.25. The lowest BCUT2D eigenvalue weighted by Crippen LogP contribution is -2.38. The second-order valence-electron chi connectivity index (χ2n) is 7.55. The minimum absolute atomic E-state index is 0.550. The Balaban J connectivity index is 2.24. The molecule has 0 aromatic heterocycles. The van der Waals surface area contributed by atoms with Crippen LogP contribution in [0.4, 0.5) is 0 Å². The van der Waals surface area contributed by atoms with Gasteiger partial charge in [0.2, 0.25) is 0 Å². The molecule has 0 radical (unpaired) electrons. The van der Waals surface area contributed by atoms with Crippen molar-refractivity contribution < 1.29 is 0 Å². The van der Waals surface area contributed by atoms with Gasteiger partial charge in [0.1, 0.15) is 0 Å². The van der Waals surface area contributed by atoms with Crippen molar-refractivity contribution in [2.24, 2.45) is 17.3 Å². The first-order valence-corrected chi connectivity index (χ1v) is 7.56. The normalized spacial score (nSPS) is 29.8. The summed E-state index contributed by atoms with van der Waals surface area (Å²) in [5.41, 5.74) is 0.550. The monoisotopic (exact) mass is 239 g/mol. The molecule has 1 rings (SSSR count). The van der Waals surface area contributed by atoms with Crippen LogP contribution in [0.1, 0.15) is 73.6 Å². The quantitative estimate of drug-likeness (QED) is 0.713. The van der Waals surface area contributed by atoms with E-state index in [0.29, 0.717) is 11.5 Å². The van der Waals surface area contributed by atoms with Crippen molar-refractivity contribution in [3.05, 3.63) is 0 Å². The van der Waals surface area contributed by atoms with Crippen LogP contribution >= 0.6 is 0 Å². The lowest BCUT2D eigenvalue weighted by Gasteiger charge is -2.23. The van der Waals surface area contributed by atoms with Crippen LogP contribution in [0.15, 0.2) is 0 Å². The summed E-state index contributed by atoms with van der Waals surface area (Å²) in [5, 5.41) is 3.86. The first kappa shape index (κ1) is 15.0. The highest BCUT2D eigenvalue weighted by atomic mass is 15.0. The molecule has 0 saturated heterocycles. The average molecular weight is 239 g/mol. The summed E-state index contributed by atoms with van der Waals surface area (Å²) < 4.78 is 0. The van der Waals surface area contributed by atoms with Gasteiger partial charge < -0.3 is 5.32 Å². The first-order chi connectivity index (χ1) is 7.80. The van der Waals surface area contributed by atoms with Crippen molar-refractivity contribution in [2.45, 2.75) is 85.7 Å². The maximum atomic E-state index is 3.86. The first-order valence-electron chi connectivity index (χ1n) is 7.56. The molecule has 17 heavy (non-hydrogen) atoms. The summed E-state index contributed by atoms with van der Waals surface area (Å²) >= 11 is 0. The van der Waals surface area contributed by atoms with Gasteiger partial charge in [-0.25, -0.2) is 0 Å². The minimum atomic E-state index is 0.550. The maximum Gasteiger partial charge on any atom is 0.0100 e.